The van der Waals surface area contributed by atoms with Crippen LogP contribution < -0.4 is 4.72 Å². The van der Waals surface area contributed by atoms with Gasteiger partial charge in [-0.2, -0.15) is 0 Å². The highest BCUT2D eigenvalue weighted by Crippen LogP contribution is 2.41. The first-order chi connectivity index (χ1) is 11.9. The Hall–Kier alpha value is -1.83. The minimum absolute atomic E-state index is 0.198. The molecule has 0 amide bonds. The summed E-state index contributed by atoms with van der Waals surface area (Å²) in [5.74, 6) is 1.75. The first kappa shape index (κ1) is 16.6. The van der Waals surface area contributed by atoms with Gasteiger partial charge in [0, 0.05) is 5.92 Å². The highest BCUT2D eigenvalue weighted by molar-refractivity contribution is 7.94. The number of anilines is 1. The molecule has 3 aromatic rings. The molecule has 1 saturated carbocycles. The van der Waals surface area contributed by atoms with E-state index in [1.807, 2.05) is 6.92 Å². The van der Waals surface area contributed by atoms with Gasteiger partial charge < -0.3 is 4.42 Å². The van der Waals surface area contributed by atoms with Gasteiger partial charge in [0.15, 0.2) is 11.7 Å². The zero-order valence-electron chi connectivity index (χ0n) is 13.3. The summed E-state index contributed by atoms with van der Waals surface area (Å²) in [7, 11) is -3.71. The highest BCUT2D eigenvalue weighted by atomic mass is 35.5. The number of sulfonamides is 1. The van der Waals surface area contributed by atoms with Crippen molar-refractivity contribution in [2.75, 3.05) is 4.72 Å². The molecule has 8 heteroatoms. The molecule has 0 saturated heterocycles. The fourth-order valence-corrected chi connectivity index (χ4v) is 5.09. The Balaban J connectivity index is 1.59. The van der Waals surface area contributed by atoms with Crippen LogP contribution in [-0.4, -0.2) is 13.4 Å². The monoisotopic (exact) mass is 394 g/mol. The third-order valence-corrected chi connectivity index (χ3v) is 7.18. The van der Waals surface area contributed by atoms with E-state index in [9.17, 15) is 8.42 Å². The summed E-state index contributed by atoms with van der Waals surface area (Å²) < 4.78 is 33.7. The number of hydrogen-bond donors (Lipinski definition) is 1. The van der Waals surface area contributed by atoms with Crippen LogP contribution in [0.15, 0.2) is 45.2 Å². The number of aromatic nitrogens is 1. The van der Waals surface area contributed by atoms with E-state index in [2.05, 4.69) is 9.71 Å². The van der Waals surface area contributed by atoms with Crippen LogP contribution in [0.4, 0.5) is 5.69 Å². The van der Waals surface area contributed by atoms with Crippen molar-refractivity contribution in [3.05, 3.63) is 53.0 Å². The number of halogens is 1. The molecule has 1 N–H and O–H groups in total. The molecule has 0 radical (unpaired) electrons. The van der Waals surface area contributed by atoms with Crippen LogP contribution in [0.2, 0.25) is 5.02 Å². The zero-order valence-corrected chi connectivity index (χ0v) is 15.7. The van der Waals surface area contributed by atoms with Crippen molar-refractivity contribution in [2.45, 2.75) is 29.9 Å². The van der Waals surface area contributed by atoms with Gasteiger partial charge in [0.1, 0.15) is 4.21 Å². The molecule has 1 aromatic carbocycles. The second kappa shape index (κ2) is 6.16. The summed E-state index contributed by atoms with van der Waals surface area (Å²) in [6.07, 6.45) is 3.86. The minimum Gasteiger partial charge on any atom is -0.440 e. The number of oxazole rings is 1. The van der Waals surface area contributed by atoms with Gasteiger partial charge in [-0.1, -0.05) is 17.7 Å². The Kier molecular flexibility index (Phi) is 4.10. The summed E-state index contributed by atoms with van der Waals surface area (Å²) in [4.78, 5) is 5.00. The van der Waals surface area contributed by atoms with Crippen LogP contribution in [0, 0.1) is 6.92 Å². The largest absolute Gasteiger partial charge is 0.440 e. The van der Waals surface area contributed by atoms with E-state index < -0.39 is 10.0 Å². The second-order valence-corrected chi connectivity index (χ2v) is 9.44. The topological polar surface area (TPSA) is 72.2 Å². The molecule has 130 valence electrons. The summed E-state index contributed by atoms with van der Waals surface area (Å²) >= 11 is 7.25. The van der Waals surface area contributed by atoms with Gasteiger partial charge in [-0.05, 0) is 49.6 Å². The Bertz CT molecular complexity index is 1040. The molecule has 1 aliphatic carbocycles. The number of nitrogens with zero attached hydrogens (tertiary/aromatic N) is 1. The standard InChI is InChI=1S/C17H15ClN2O3S2/c1-10-2-5-13(12(18)8-10)20-25(21,22)16-7-6-15(24-16)14-9-19-17(23-14)11-3-4-11/h2,5-9,11,20H,3-4H2,1H3. The Labute approximate surface area is 154 Å². The van der Waals surface area contributed by atoms with Gasteiger partial charge in [0.05, 0.1) is 21.8 Å². The van der Waals surface area contributed by atoms with Crippen LogP contribution in [0.5, 0.6) is 0 Å². The summed E-state index contributed by atoms with van der Waals surface area (Å²) in [5.41, 5.74) is 1.32. The molecule has 0 spiro atoms. The lowest BCUT2D eigenvalue weighted by molar-refractivity contribution is 0.510. The van der Waals surface area contributed by atoms with Gasteiger partial charge in [0.25, 0.3) is 10.0 Å². The average Bonchev–Trinajstić information content (AvgIpc) is 3.09. The first-order valence-electron chi connectivity index (χ1n) is 7.77. The quantitative estimate of drug-likeness (QED) is 0.657. The molecule has 0 atom stereocenters. The Morgan fingerprint density at radius 2 is 2.08 bits per heavy atom. The molecule has 1 fully saturated rings. The predicted octanol–water partition coefficient (Wildman–Crippen LogP) is 5.04. The molecule has 0 unspecified atom stereocenters. The Morgan fingerprint density at radius 3 is 2.80 bits per heavy atom. The summed E-state index contributed by atoms with van der Waals surface area (Å²) in [6.45, 7) is 1.89. The van der Waals surface area contributed by atoms with Crippen molar-refractivity contribution in [3.63, 3.8) is 0 Å². The molecule has 5 nitrogen and oxygen atoms in total. The van der Waals surface area contributed by atoms with E-state index in [0.29, 0.717) is 22.4 Å². The average molecular weight is 395 g/mol. The predicted molar refractivity (Wildman–Crippen MR) is 98.8 cm³/mol. The van der Waals surface area contributed by atoms with E-state index in [4.69, 9.17) is 16.0 Å². The van der Waals surface area contributed by atoms with E-state index in [0.717, 1.165) is 40.5 Å². The maximum absolute atomic E-state index is 12.6. The van der Waals surface area contributed by atoms with Crippen LogP contribution in [0.3, 0.4) is 0 Å². The lowest BCUT2D eigenvalue weighted by atomic mass is 10.2. The number of hydrogen-bond acceptors (Lipinski definition) is 5. The van der Waals surface area contributed by atoms with E-state index in [1.54, 1.807) is 36.5 Å². The maximum Gasteiger partial charge on any atom is 0.271 e. The number of aryl methyl sites for hydroxylation is 1. The van der Waals surface area contributed by atoms with E-state index in [1.165, 1.54) is 0 Å². The number of nitrogens with one attached hydrogen (secondary N) is 1. The molecule has 1 aliphatic rings. The lowest BCUT2D eigenvalue weighted by Gasteiger charge is -2.08. The van der Waals surface area contributed by atoms with Crippen LogP contribution in [0.1, 0.15) is 30.2 Å². The van der Waals surface area contributed by atoms with Crippen molar-refractivity contribution >= 4 is 38.6 Å². The van der Waals surface area contributed by atoms with Crippen molar-refractivity contribution in [1.82, 2.24) is 4.98 Å². The molecule has 25 heavy (non-hydrogen) atoms. The molecule has 0 aliphatic heterocycles. The minimum atomic E-state index is -3.71. The van der Waals surface area contributed by atoms with Crippen LogP contribution >= 0.6 is 22.9 Å². The molecule has 4 rings (SSSR count). The van der Waals surface area contributed by atoms with Crippen molar-refractivity contribution in [2.24, 2.45) is 0 Å². The Morgan fingerprint density at radius 1 is 1.28 bits per heavy atom. The SMILES string of the molecule is Cc1ccc(NS(=O)(=O)c2ccc(-c3cnc(C4CC4)o3)s2)c(Cl)c1. The summed E-state index contributed by atoms with van der Waals surface area (Å²) in [5, 5.41) is 0.365. The molecule has 2 heterocycles. The molecular weight excluding hydrogens is 380 g/mol. The fourth-order valence-electron chi connectivity index (χ4n) is 2.42. The second-order valence-electron chi connectivity index (χ2n) is 6.04. The van der Waals surface area contributed by atoms with Crippen LogP contribution in [0.25, 0.3) is 10.6 Å². The lowest BCUT2D eigenvalue weighted by Crippen LogP contribution is -2.11. The maximum atomic E-state index is 12.6. The third kappa shape index (κ3) is 3.44. The van der Waals surface area contributed by atoms with Gasteiger partial charge in [0.2, 0.25) is 0 Å². The molecule has 2 aromatic heterocycles. The fraction of sp³-hybridized carbons (Fsp3) is 0.235. The highest BCUT2D eigenvalue weighted by Gasteiger charge is 2.29. The van der Waals surface area contributed by atoms with Crippen molar-refractivity contribution < 1.29 is 12.8 Å². The van der Waals surface area contributed by atoms with Gasteiger partial charge in [-0.3, -0.25) is 4.72 Å². The number of thiophene rings is 1. The first-order valence-corrected chi connectivity index (χ1v) is 10.4. The van der Waals surface area contributed by atoms with Gasteiger partial charge in [-0.25, -0.2) is 13.4 Å². The third-order valence-electron chi connectivity index (χ3n) is 3.91. The number of rotatable bonds is 5. The summed E-state index contributed by atoms with van der Waals surface area (Å²) in [6, 6.07) is 8.46. The zero-order chi connectivity index (χ0) is 17.6. The molecular formula is C17H15ClN2O3S2. The molecule has 0 bridgehead atoms. The van der Waals surface area contributed by atoms with Gasteiger partial charge in [-0.15, -0.1) is 11.3 Å². The van der Waals surface area contributed by atoms with Crippen molar-refractivity contribution in [3.8, 4) is 10.6 Å². The van der Waals surface area contributed by atoms with Crippen LogP contribution in [-0.2, 0) is 10.0 Å². The van der Waals surface area contributed by atoms with E-state index >= 15 is 0 Å². The van der Waals surface area contributed by atoms with E-state index in [-0.39, 0.29) is 4.21 Å². The smallest absolute Gasteiger partial charge is 0.271 e. The van der Waals surface area contributed by atoms with Gasteiger partial charge >= 0.3 is 0 Å². The normalized spacial score (nSPS) is 14.6. The number of benzene rings is 1. The van der Waals surface area contributed by atoms with Crippen molar-refractivity contribution in [1.29, 1.82) is 0 Å².